The molecular weight excluding hydrogens is 222 g/mol. The van der Waals surface area contributed by atoms with E-state index in [2.05, 4.69) is 15.3 Å². The maximum atomic E-state index is 8.84. The second-order valence-electron chi connectivity index (χ2n) is 3.91. The van der Waals surface area contributed by atoms with E-state index >= 15 is 0 Å². The van der Waals surface area contributed by atoms with E-state index in [9.17, 15) is 0 Å². The quantitative estimate of drug-likeness (QED) is 0.848. The zero-order valence-electron chi connectivity index (χ0n) is 8.86. The molecular formula is C11H13N3OS. The minimum absolute atomic E-state index is 0.123. The van der Waals surface area contributed by atoms with Crippen molar-refractivity contribution >= 4 is 27.4 Å². The fraction of sp³-hybridized carbons (Fsp3) is 0.455. The molecule has 0 fully saturated rings. The van der Waals surface area contributed by atoms with Crippen molar-refractivity contribution in [1.29, 1.82) is 0 Å². The van der Waals surface area contributed by atoms with Crippen molar-refractivity contribution in [2.75, 3.05) is 18.5 Å². The normalized spacial score (nSPS) is 14.3. The van der Waals surface area contributed by atoms with Crippen LogP contribution in [0.15, 0.2) is 6.33 Å². The zero-order valence-corrected chi connectivity index (χ0v) is 9.68. The van der Waals surface area contributed by atoms with E-state index in [4.69, 9.17) is 5.11 Å². The summed E-state index contributed by atoms with van der Waals surface area (Å²) in [5.74, 6) is 0.874. The van der Waals surface area contributed by atoms with Gasteiger partial charge in [-0.25, -0.2) is 9.97 Å². The molecule has 0 saturated heterocycles. The van der Waals surface area contributed by atoms with Gasteiger partial charge < -0.3 is 10.4 Å². The second-order valence-corrected chi connectivity index (χ2v) is 4.99. The Hall–Kier alpha value is -1.20. The first-order valence-corrected chi connectivity index (χ1v) is 6.32. The maximum absolute atomic E-state index is 8.84. The molecule has 0 aromatic carbocycles. The fourth-order valence-electron chi connectivity index (χ4n) is 2.24. The Morgan fingerprint density at radius 3 is 3.19 bits per heavy atom. The summed E-state index contributed by atoms with van der Waals surface area (Å²) in [6.07, 6.45) is 5.14. The lowest BCUT2D eigenvalue weighted by Crippen LogP contribution is -2.07. The molecule has 2 aromatic heterocycles. The summed E-state index contributed by atoms with van der Waals surface area (Å²) >= 11 is 1.78. The lowest BCUT2D eigenvalue weighted by Gasteiger charge is -2.05. The average Bonchev–Trinajstić information content (AvgIpc) is 2.85. The molecule has 84 valence electrons. The van der Waals surface area contributed by atoms with Crippen LogP contribution in [-0.4, -0.2) is 28.2 Å². The third-order valence-electron chi connectivity index (χ3n) is 2.91. The number of aliphatic hydroxyl groups excluding tert-OH is 1. The van der Waals surface area contributed by atoms with Crippen molar-refractivity contribution in [3.05, 3.63) is 16.8 Å². The number of anilines is 1. The molecule has 0 amide bonds. The average molecular weight is 235 g/mol. The summed E-state index contributed by atoms with van der Waals surface area (Å²) in [6.45, 7) is 0.661. The van der Waals surface area contributed by atoms with Gasteiger partial charge in [-0.2, -0.15) is 0 Å². The molecule has 0 spiro atoms. The zero-order chi connectivity index (χ0) is 11.0. The third-order valence-corrected chi connectivity index (χ3v) is 4.11. The molecule has 2 aromatic rings. The summed E-state index contributed by atoms with van der Waals surface area (Å²) in [4.78, 5) is 11.1. The Kier molecular flexibility index (Phi) is 2.49. The molecule has 2 heterocycles. The van der Waals surface area contributed by atoms with Crippen molar-refractivity contribution in [1.82, 2.24) is 9.97 Å². The van der Waals surface area contributed by atoms with Crippen LogP contribution >= 0.6 is 11.3 Å². The lowest BCUT2D eigenvalue weighted by molar-refractivity contribution is 0.311. The van der Waals surface area contributed by atoms with Crippen molar-refractivity contribution < 1.29 is 5.11 Å². The number of rotatable bonds is 3. The van der Waals surface area contributed by atoms with Gasteiger partial charge in [0.25, 0.3) is 0 Å². The largest absolute Gasteiger partial charge is 0.395 e. The van der Waals surface area contributed by atoms with E-state index in [1.165, 1.54) is 28.7 Å². The molecule has 1 aliphatic rings. The van der Waals surface area contributed by atoms with Gasteiger partial charge in [-0.1, -0.05) is 0 Å². The molecule has 5 heteroatoms. The first kappa shape index (κ1) is 9.99. The van der Waals surface area contributed by atoms with Gasteiger partial charge in [-0.3, -0.25) is 0 Å². The Morgan fingerprint density at radius 2 is 2.31 bits per heavy atom. The van der Waals surface area contributed by atoms with Crippen molar-refractivity contribution in [3.8, 4) is 0 Å². The molecule has 0 bridgehead atoms. The van der Waals surface area contributed by atoms with Gasteiger partial charge in [0.05, 0.1) is 12.0 Å². The monoisotopic (exact) mass is 235 g/mol. The van der Waals surface area contributed by atoms with Gasteiger partial charge in [0.2, 0.25) is 0 Å². The second kappa shape index (κ2) is 3.99. The van der Waals surface area contributed by atoms with Gasteiger partial charge in [0.1, 0.15) is 17.0 Å². The predicted octanol–water partition coefficient (Wildman–Crippen LogP) is 1.58. The van der Waals surface area contributed by atoms with Crippen LogP contribution in [0.25, 0.3) is 10.2 Å². The van der Waals surface area contributed by atoms with E-state index in [-0.39, 0.29) is 6.61 Å². The van der Waals surface area contributed by atoms with Crippen LogP contribution in [0.2, 0.25) is 0 Å². The van der Waals surface area contributed by atoms with Gasteiger partial charge >= 0.3 is 0 Å². The van der Waals surface area contributed by atoms with E-state index < -0.39 is 0 Å². The highest BCUT2D eigenvalue weighted by atomic mass is 32.1. The molecule has 0 atom stereocenters. The predicted molar refractivity (Wildman–Crippen MR) is 65.0 cm³/mol. The number of fused-ring (bicyclic) bond motifs is 3. The molecule has 1 aliphatic carbocycles. The van der Waals surface area contributed by atoms with E-state index in [0.29, 0.717) is 6.54 Å². The molecule has 2 N–H and O–H groups in total. The summed E-state index contributed by atoms with van der Waals surface area (Å²) in [6, 6.07) is 0. The molecule has 16 heavy (non-hydrogen) atoms. The SMILES string of the molecule is OCCNc1ncnc2sc3c(c12)CCC3. The highest BCUT2D eigenvalue weighted by molar-refractivity contribution is 7.19. The van der Waals surface area contributed by atoms with Gasteiger partial charge in [0, 0.05) is 11.4 Å². The van der Waals surface area contributed by atoms with Crippen LogP contribution in [0, 0.1) is 0 Å². The Labute approximate surface area is 97.4 Å². The summed E-state index contributed by atoms with van der Waals surface area (Å²) in [5, 5.41) is 13.2. The number of nitrogens with zero attached hydrogens (tertiary/aromatic N) is 2. The van der Waals surface area contributed by atoms with E-state index in [1.807, 2.05) is 0 Å². The van der Waals surface area contributed by atoms with E-state index in [1.54, 1.807) is 17.7 Å². The minimum atomic E-state index is 0.123. The van der Waals surface area contributed by atoms with Crippen molar-refractivity contribution in [2.24, 2.45) is 0 Å². The lowest BCUT2D eigenvalue weighted by atomic mass is 10.2. The first-order valence-electron chi connectivity index (χ1n) is 5.50. The summed E-state index contributed by atoms with van der Waals surface area (Å²) < 4.78 is 0. The number of aliphatic hydroxyl groups is 1. The summed E-state index contributed by atoms with van der Waals surface area (Å²) in [5.41, 5.74) is 1.42. The Morgan fingerprint density at radius 1 is 1.38 bits per heavy atom. The topological polar surface area (TPSA) is 58.0 Å². The van der Waals surface area contributed by atoms with Crippen molar-refractivity contribution in [3.63, 3.8) is 0 Å². The number of hydrogen-bond acceptors (Lipinski definition) is 5. The molecule has 0 saturated carbocycles. The number of nitrogens with one attached hydrogen (secondary N) is 1. The van der Waals surface area contributed by atoms with Crippen LogP contribution < -0.4 is 5.32 Å². The van der Waals surface area contributed by atoms with Crippen LogP contribution in [-0.2, 0) is 12.8 Å². The van der Waals surface area contributed by atoms with Gasteiger partial charge in [-0.05, 0) is 24.8 Å². The Balaban J connectivity index is 2.13. The minimum Gasteiger partial charge on any atom is -0.395 e. The van der Waals surface area contributed by atoms with Crippen LogP contribution in [0.1, 0.15) is 16.9 Å². The molecule has 0 unspecified atom stereocenters. The highest BCUT2D eigenvalue weighted by Crippen LogP contribution is 2.38. The molecule has 3 rings (SSSR count). The number of thiophene rings is 1. The summed E-state index contributed by atoms with van der Waals surface area (Å²) in [7, 11) is 0. The standard InChI is InChI=1S/C11H13N3OS/c15-5-4-12-10-9-7-2-1-3-8(7)16-11(9)14-6-13-10/h6,15H,1-5H2,(H,12,13,14). The number of hydrogen-bond donors (Lipinski definition) is 2. The number of aryl methyl sites for hydroxylation is 2. The van der Waals surface area contributed by atoms with Crippen LogP contribution in [0.4, 0.5) is 5.82 Å². The first-order chi connectivity index (χ1) is 7.90. The number of aromatic nitrogens is 2. The van der Waals surface area contributed by atoms with Crippen LogP contribution in [0.3, 0.4) is 0 Å². The maximum Gasteiger partial charge on any atom is 0.138 e. The van der Waals surface area contributed by atoms with Crippen LogP contribution in [0.5, 0.6) is 0 Å². The molecule has 4 nitrogen and oxygen atoms in total. The highest BCUT2D eigenvalue weighted by Gasteiger charge is 2.20. The molecule has 0 radical (unpaired) electrons. The third kappa shape index (κ3) is 1.47. The van der Waals surface area contributed by atoms with E-state index in [0.717, 1.165) is 17.1 Å². The fourth-order valence-corrected chi connectivity index (χ4v) is 3.47. The van der Waals surface area contributed by atoms with Gasteiger partial charge in [0.15, 0.2) is 0 Å². The molecule has 0 aliphatic heterocycles. The van der Waals surface area contributed by atoms with Crippen molar-refractivity contribution in [2.45, 2.75) is 19.3 Å². The van der Waals surface area contributed by atoms with Gasteiger partial charge in [-0.15, -0.1) is 11.3 Å². The Bertz CT molecular complexity index is 523. The smallest absolute Gasteiger partial charge is 0.138 e.